The maximum Gasteiger partial charge on any atom is 0.262 e. The van der Waals surface area contributed by atoms with Crippen LogP contribution in [0.15, 0.2) is 54.6 Å². The maximum atomic E-state index is 12.5. The predicted molar refractivity (Wildman–Crippen MR) is 96.8 cm³/mol. The summed E-state index contributed by atoms with van der Waals surface area (Å²) < 4.78 is 5.81. The zero-order valence-electron chi connectivity index (χ0n) is 14.4. The molecule has 1 aliphatic heterocycles. The van der Waals surface area contributed by atoms with E-state index in [1.54, 1.807) is 11.0 Å². The van der Waals surface area contributed by atoms with Gasteiger partial charge in [0.1, 0.15) is 5.75 Å². The van der Waals surface area contributed by atoms with E-state index in [0.29, 0.717) is 18.0 Å². The van der Waals surface area contributed by atoms with Gasteiger partial charge in [-0.1, -0.05) is 49.4 Å². The molecule has 5 nitrogen and oxygen atoms in total. The van der Waals surface area contributed by atoms with E-state index in [2.05, 4.69) is 12.2 Å². The van der Waals surface area contributed by atoms with Crippen LogP contribution in [0.5, 0.6) is 5.75 Å². The van der Waals surface area contributed by atoms with Crippen molar-refractivity contribution in [1.82, 2.24) is 5.32 Å². The number of amides is 2. The Bertz CT molecular complexity index is 761. The fraction of sp³-hybridized carbons (Fsp3) is 0.300. The molecule has 0 fully saturated rings. The number of nitrogens with one attached hydrogen (secondary N) is 1. The molecule has 2 aromatic rings. The van der Waals surface area contributed by atoms with Crippen LogP contribution in [-0.2, 0) is 9.59 Å². The molecule has 2 atom stereocenters. The van der Waals surface area contributed by atoms with Gasteiger partial charge in [-0.25, -0.2) is 0 Å². The number of carbonyl (C=O) groups is 2. The minimum atomic E-state index is -0.707. The first-order valence-corrected chi connectivity index (χ1v) is 8.42. The van der Waals surface area contributed by atoms with Crippen LogP contribution in [0.25, 0.3) is 0 Å². The lowest BCUT2D eigenvalue weighted by molar-refractivity contribution is -0.128. The van der Waals surface area contributed by atoms with Crippen LogP contribution in [-0.4, -0.2) is 31.0 Å². The van der Waals surface area contributed by atoms with Gasteiger partial charge < -0.3 is 15.0 Å². The summed E-state index contributed by atoms with van der Waals surface area (Å²) in [7, 11) is 0. The number of rotatable bonds is 4. The van der Waals surface area contributed by atoms with Crippen molar-refractivity contribution in [3.8, 4) is 5.75 Å². The summed E-state index contributed by atoms with van der Waals surface area (Å²) in [6, 6.07) is 17.3. The first kappa shape index (κ1) is 17.0. The van der Waals surface area contributed by atoms with Gasteiger partial charge in [-0.2, -0.15) is 0 Å². The van der Waals surface area contributed by atoms with E-state index in [-0.39, 0.29) is 24.3 Å². The van der Waals surface area contributed by atoms with Gasteiger partial charge in [0.05, 0.1) is 12.2 Å². The third-order valence-electron chi connectivity index (χ3n) is 4.40. The van der Waals surface area contributed by atoms with Crippen molar-refractivity contribution in [2.24, 2.45) is 0 Å². The predicted octanol–water partition coefficient (Wildman–Crippen LogP) is 2.72. The SMILES string of the molecule is CC(=O)N1C[C@H](C(=O)NC[C@@H](C)c2ccccc2)Oc2ccccc21. The van der Waals surface area contributed by atoms with Gasteiger partial charge in [0.25, 0.3) is 5.91 Å². The fourth-order valence-electron chi connectivity index (χ4n) is 2.94. The van der Waals surface area contributed by atoms with E-state index >= 15 is 0 Å². The van der Waals surface area contributed by atoms with Gasteiger partial charge >= 0.3 is 0 Å². The number of carbonyl (C=O) groups excluding carboxylic acids is 2. The second kappa shape index (κ2) is 7.38. The standard InChI is InChI=1S/C20H22N2O3/c1-14(16-8-4-3-5-9-16)12-21-20(24)19-13-22(15(2)23)17-10-6-7-11-18(17)25-19/h3-11,14,19H,12-13H2,1-2H3,(H,21,24)/t14-,19-/m1/s1. The van der Waals surface area contributed by atoms with Gasteiger partial charge in [0.2, 0.25) is 5.91 Å². The second-order valence-electron chi connectivity index (χ2n) is 6.26. The topological polar surface area (TPSA) is 58.6 Å². The normalized spacial score (nSPS) is 17.2. The molecule has 0 saturated carbocycles. The molecule has 25 heavy (non-hydrogen) atoms. The summed E-state index contributed by atoms with van der Waals surface area (Å²) in [6.45, 7) is 4.30. The number of nitrogens with zero attached hydrogens (tertiary/aromatic N) is 1. The van der Waals surface area contributed by atoms with Crippen molar-refractivity contribution in [3.63, 3.8) is 0 Å². The molecule has 2 aromatic carbocycles. The van der Waals surface area contributed by atoms with Gasteiger partial charge in [0.15, 0.2) is 6.10 Å². The molecule has 0 aromatic heterocycles. The highest BCUT2D eigenvalue weighted by Gasteiger charge is 2.32. The highest BCUT2D eigenvalue weighted by Crippen LogP contribution is 2.33. The summed E-state index contributed by atoms with van der Waals surface area (Å²) in [5.74, 6) is 0.444. The summed E-state index contributed by atoms with van der Waals surface area (Å²) in [4.78, 5) is 26.0. The van der Waals surface area contributed by atoms with Gasteiger partial charge in [0, 0.05) is 13.5 Å². The highest BCUT2D eigenvalue weighted by atomic mass is 16.5. The Kier molecular flexibility index (Phi) is 5.03. The largest absolute Gasteiger partial charge is 0.477 e. The van der Waals surface area contributed by atoms with Crippen LogP contribution >= 0.6 is 0 Å². The van der Waals surface area contributed by atoms with Crippen molar-refractivity contribution in [2.45, 2.75) is 25.9 Å². The lowest BCUT2D eigenvalue weighted by Gasteiger charge is -2.33. The molecule has 0 spiro atoms. The number of ether oxygens (including phenoxy) is 1. The van der Waals surface area contributed by atoms with E-state index in [1.165, 1.54) is 12.5 Å². The number of para-hydroxylation sites is 2. The lowest BCUT2D eigenvalue weighted by atomic mass is 10.0. The Morgan fingerprint density at radius 3 is 2.56 bits per heavy atom. The third kappa shape index (κ3) is 3.82. The quantitative estimate of drug-likeness (QED) is 0.932. The Morgan fingerprint density at radius 2 is 1.84 bits per heavy atom. The molecule has 0 unspecified atom stereocenters. The van der Waals surface area contributed by atoms with E-state index in [1.807, 2.05) is 48.5 Å². The minimum Gasteiger partial charge on any atom is -0.477 e. The van der Waals surface area contributed by atoms with E-state index in [4.69, 9.17) is 4.74 Å². The number of benzene rings is 2. The van der Waals surface area contributed by atoms with Crippen molar-refractivity contribution >= 4 is 17.5 Å². The van der Waals surface area contributed by atoms with Crippen molar-refractivity contribution < 1.29 is 14.3 Å². The van der Waals surface area contributed by atoms with Crippen molar-refractivity contribution in [2.75, 3.05) is 18.0 Å². The van der Waals surface area contributed by atoms with Gasteiger partial charge in [-0.15, -0.1) is 0 Å². The third-order valence-corrected chi connectivity index (χ3v) is 4.40. The Hall–Kier alpha value is -2.82. The number of anilines is 1. The Balaban J connectivity index is 1.66. The van der Waals surface area contributed by atoms with Gasteiger partial charge in [-0.3, -0.25) is 9.59 Å². The van der Waals surface area contributed by atoms with E-state index in [0.717, 1.165) is 0 Å². The first-order chi connectivity index (χ1) is 12.1. The molecule has 5 heteroatoms. The summed E-state index contributed by atoms with van der Waals surface area (Å²) in [6.07, 6.45) is -0.707. The first-order valence-electron chi connectivity index (χ1n) is 8.42. The molecular weight excluding hydrogens is 316 g/mol. The maximum absolute atomic E-state index is 12.5. The van der Waals surface area contributed by atoms with Crippen molar-refractivity contribution in [3.05, 3.63) is 60.2 Å². The van der Waals surface area contributed by atoms with E-state index in [9.17, 15) is 9.59 Å². The molecular formula is C20H22N2O3. The molecule has 2 amide bonds. The number of fused-ring (bicyclic) bond motifs is 1. The van der Waals surface area contributed by atoms with E-state index < -0.39 is 6.10 Å². The molecule has 0 saturated heterocycles. The molecule has 130 valence electrons. The smallest absolute Gasteiger partial charge is 0.262 e. The van der Waals surface area contributed by atoms with Crippen LogP contribution in [0.4, 0.5) is 5.69 Å². The molecule has 1 heterocycles. The molecule has 1 N–H and O–H groups in total. The van der Waals surface area contributed by atoms with Crippen LogP contribution in [0.2, 0.25) is 0 Å². The zero-order chi connectivity index (χ0) is 17.8. The zero-order valence-corrected chi connectivity index (χ0v) is 14.4. The number of hydrogen-bond acceptors (Lipinski definition) is 3. The minimum absolute atomic E-state index is 0.105. The van der Waals surface area contributed by atoms with Crippen LogP contribution < -0.4 is 15.0 Å². The molecule has 0 aliphatic carbocycles. The highest BCUT2D eigenvalue weighted by molar-refractivity contribution is 5.95. The average molecular weight is 338 g/mol. The van der Waals surface area contributed by atoms with Crippen molar-refractivity contribution in [1.29, 1.82) is 0 Å². The monoisotopic (exact) mass is 338 g/mol. The number of hydrogen-bond donors (Lipinski definition) is 1. The second-order valence-corrected chi connectivity index (χ2v) is 6.26. The summed E-state index contributed by atoms with van der Waals surface area (Å²) in [5.41, 5.74) is 1.87. The van der Waals surface area contributed by atoms with Crippen LogP contribution in [0.1, 0.15) is 25.3 Å². The average Bonchev–Trinajstić information content (AvgIpc) is 2.65. The molecule has 0 radical (unpaired) electrons. The Labute approximate surface area is 147 Å². The molecule has 3 rings (SSSR count). The summed E-state index contributed by atoms with van der Waals surface area (Å²) >= 11 is 0. The molecule has 0 bridgehead atoms. The van der Waals surface area contributed by atoms with Crippen LogP contribution in [0.3, 0.4) is 0 Å². The summed E-state index contributed by atoms with van der Waals surface area (Å²) in [5, 5.41) is 2.94. The van der Waals surface area contributed by atoms with Gasteiger partial charge in [-0.05, 0) is 23.6 Å². The lowest BCUT2D eigenvalue weighted by Crippen LogP contribution is -2.50. The Morgan fingerprint density at radius 1 is 1.16 bits per heavy atom. The van der Waals surface area contributed by atoms with Crippen LogP contribution in [0, 0.1) is 0 Å². The fourth-order valence-corrected chi connectivity index (χ4v) is 2.94. The molecule has 1 aliphatic rings.